The highest BCUT2D eigenvalue weighted by molar-refractivity contribution is 6.21. The van der Waals surface area contributed by atoms with Gasteiger partial charge >= 0.3 is 5.97 Å². The molecule has 3 atom stereocenters. The van der Waals surface area contributed by atoms with E-state index < -0.39 is 5.97 Å². The molecule has 2 N–H and O–H groups in total. The summed E-state index contributed by atoms with van der Waals surface area (Å²) in [6.45, 7) is 4.27. The van der Waals surface area contributed by atoms with Gasteiger partial charge in [-0.25, -0.2) is 4.79 Å². The van der Waals surface area contributed by atoms with Crippen LogP contribution in [0.25, 0.3) is 0 Å². The van der Waals surface area contributed by atoms with Crippen LogP contribution in [0.15, 0.2) is 24.3 Å². The monoisotopic (exact) mass is 435 g/mol. The molecule has 1 heterocycles. The Morgan fingerprint density at radius 2 is 2.00 bits per heavy atom. The van der Waals surface area contributed by atoms with E-state index in [9.17, 15) is 9.90 Å². The first-order valence-corrected chi connectivity index (χ1v) is 12.3. The number of aromatic carboxylic acids is 1. The number of unbranched alkanes of at least 4 members (excludes halogenated alkanes) is 1. The van der Waals surface area contributed by atoms with E-state index in [0.29, 0.717) is 11.6 Å². The van der Waals surface area contributed by atoms with E-state index in [2.05, 4.69) is 11.8 Å². The third-order valence-electron chi connectivity index (χ3n) is 7.52. The molecular weight excluding hydrogens is 398 g/mol. The molecule has 0 aromatic heterocycles. The highest BCUT2D eigenvalue weighted by atomic mass is 35.5. The van der Waals surface area contributed by atoms with Gasteiger partial charge in [0.25, 0.3) is 0 Å². The number of carbonyl (C=O) groups is 1. The molecule has 2 unspecified atom stereocenters. The molecule has 30 heavy (non-hydrogen) atoms. The van der Waals surface area contributed by atoms with Crippen LogP contribution >= 0.6 is 11.6 Å². The van der Waals surface area contributed by atoms with Crippen LogP contribution < -0.4 is 0 Å². The fourth-order valence-electron chi connectivity index (χ4n) is 5.35. The third kappa shape index (κ3) is 5.77. The van der Waals surface area contributed by atoms with Crippen molar-refractivity contribution in [3.05, 3.63) is 35.4 Å². The molecule has 1 aromatic carbocycles. The highest BCUT2D eigenvalue weighted by Gasteiger charge is 2.42. The maximum absolute atomic E-state index is 11.0. The third-order valence-corrected chi connectivity index (χ3v) is 8.02. The number of aryl methyl sites for hydroxylation is 1. The van der Waals surface area contributed by atoms with Crippen LogP contribution in [0.1, 0.15) is 87.1 Å². The van der Waals surface area contributed by atoms with Crippen molar-refractivity contribution in [3.63, 3.8) is 0 Å². The van der Waals surface area contributed by atoms with Crippen molar-refractivity contribution in [2.45, 2.75) is 95.1 Å². The number of aliphatic hydroxyl groups excluding tert-OH is 1. The van der Waals surface area contributed by atoms with Crippen LogP contribution in [0.2, 0.25) is 0 Å². The van der Waals surface area contributed by atoms with Gasteiger partial charge in [-0.05, 0) is 87.6 Å². The zero-order chi connectivity index (χ0) is 21.6. The van der Waals surface area contributed by atoms with Gasteiger partial charge in [0, 0.05) is 6.04 Å². The van der Waals surface area contributed by atoms with E-state index >= 15 is 0 Å². The van der Waals surface area contributed by atoms with Crippen LogP contribution in [-0.4, -0.2) is 51.7 Å². The van der Waals surface area contributed by atoms with Crippen molar-refractivity contribution in [1.82, 2.24) is 4.90 Å². The van der Waals surface area contributed by atoms with Gasteiger partial charge in [0.1, 0.15) is 0 Å². The molecule has 4 nitrogen and oxygen atoms in total. The Bertz CT molecular complexity index is 673. The minimum absolute atomic E-state index is 0.154. The second-order valence-electron chi connectivity index (χ2n) is 9.43. The van der Waals surface area contributed by atoms with Gasteiger partial charge in [-0.2, -0.15) is 0 Å². The maximum Gasteiger partial charge on any atom is 0.335 e. The van der Waals surface area contributed by atoms with E-state index in [1.165, 1.54) is 38.5 Å². The van der Waals surface area contributed by atoms with Gasteiger partial charge in [0.15, 0.2) is 0 Å². The van der Waals surface area contributed by atoms with Crippen LogP contribution in [0.3, 0.4) is 0 Å². The minimum Gasteiger partial charge on any atom is -0.478 e. The fraction of sp³-hybridized carbons (Fsp3) is 0.720. The average Bonchev–Trinajstić information content (AvgIpc) is 3.05. The number of halogens is 1. The van der Waals surface area contributed by atoms with Crippen molar-refractivity contribution in [1.29, 1.82) is 0 Å². The van der Waals surface area contributed by atoms with Crippen molar-refractivity contribution in [2.24, 2.45) is 5.41 Å². The summed E-state index contributed by atoms with van der Waals surface area (Å²) in [7, 11) is 0. The van der Waals surface area contributed by atoms with Gasteiger partial charge in [0.2, 0.25) is 0 Å². The lowest BCUT2D eigenvalue weighted by molar-refractivity contribution is -0.0486. The summed E-state index contributed by atoms with van der Waals surface area (Å²) in [5.74, 6) is -0.884. The zero-order valence-corrected chi connectivity index (χ0v) is 19.1. The largest absolute Gasteiger partial charge is 0.478 e. The SMILES string of the molecule is CCCCC1(C(O)CCCN2CCC(Cl)[C@@H]2CCc2ccc(C(=O)O)cc2)CCC1. The second-order valence-corrected chi connectivity index (χ2v) is 9.99. The topological polar surface area (TPSA) is 60.8 Å². The number of hydrogen-bond donors (Lipinski definition) is 2. The van der Waals surface area contributed by atoms with Crippen LogP contribution in [-0.2, 0) is 6.42 Å². The predicted molar refractivity (Wildman–Crippen MR) is 122 cm³/mol. The van der Waals surface area contributed by atoms with Gasteiger partial charge in [-0.3, -0.25) is 4.90 Å². The molecule has 2 fully saturated rings. The number of aliphatic hydroxyl groups is 1. The Balaban J connectivity index is 1.45. The lowest BCUT2D eigenvalue weighted by Crippen LogP contribution is -2.42. The standard InChI is InChI=1S/C25H38ClNO3/c1-2-3-14-25(15-5-16-25)23(28)6-4-17-27-18-13-21(26)22(27)12-9-19-7-10-20(11-8-19)24(29)30/h7-8,10-11,21-23,28H,2-6,9,12-18H2,1H3,(H,29,30)/t21?,22-,23?/m0/s1. The van der Waals surface area contributed by atoms with E-state index in [-0.39, 0.29) is 16.9 Å². The van der Waals surface area contributed by atoms with Gasteiger partial charge in [0.05, 0.1) is 17.0 Å². The summed E-state index contributed by atoms with van der Waals surface area (Å²) in [6.07, 6.45) is 12.0. The number of rotatable bonds is 12. The van der Waals surface area contributed by atoms with Gasteiger partial charge in [-0.1, -0.05) is 38.3 Å². The summed E-state index contributed by atoms with van der Waals surface area (Å²) < 4.78 is 0. The lowest BCUT2D eigenvalue weighted by Gasteiger charge is -2.46. The zero-order valence-electron chi connectivity index (χ0n) is 18.4. The van der Waals surface area contributed by atoms with E-state index in [0.717, 1.165) is 50.8 Å². The van der Waals surface area contributed by atoms with E-state index in [1.54, 1.807) is 12.1 Å². The Hall–Kier alpha value is -1.10. The molecule has 1 aliphatic carbocycles. The molecule has 168 valence electrons. The molecule has 1 aromatic rings. The molecule has 0 bridgehead atoms. The molecule has 2 aliphatic rings. The predicted octanol–water partition coefficient (Wildman–Crippen LogP) is 5.50. The molecule has 0 amide bonds. The van der Waals surface area contributed by atoms with Crippen LogP contribution in [0.4, 0.5) is 0 Å². The van der Waals surface area contributed by atoms with E-state index in [1.807, 2.05) is 12.1 Å². The van der Waals surface area contributed by atoms with Crippen LogP contribution in [0, 0.1) is 5.41 Å². The number of likely N-dealkylation sites (tertiary alicyclic amines) is 1. The normalized spacial score (nSPS) is 24.5. The fourth-order valence-corrected chi connectivity index (χ4v) is 5.73. The number of benzene rings is 1. The number of carboxylic acids is 1. The minimum atomic E-state index is -0.884. The molecule has 3 rings (SSSR count). The quantitative estimate of drug-likeness (QED) is 0.425. The Morgan fingerprint density at radius 1 is 1.27 bits per heavy atom. The van der Waals surface area contributed by atoms with E-state index in [4.69, 9.17) is 16.7 Å². The summed E-state index contributed by atoms with van der Waals surface area (Å²) >= 11 is 6.64. The molecule has 0 spiro atoms. The average molecular weight is 436 g/mol. The van der Waals surface area contributed by atoms with Gasteiger partial charge in [-0.15, -0.1) is 11.6 Å². The molecule has 0 radical (unpaired) electrons. The molecule has 1 saturated heterocycles. The van der Waals surface area contributed by atoms with Crippen molar-refractivity contribution in [2.75, 3.05) is 13.1 Å². The van der Waals surface area contributed by atoms with Crippen molar-refractivity contribution in [3.8, 4) is 0 Å². The number of alkyl halides is 1. The second kappa shape index (κ2) is 11.0. The first-order valence-electron chi connectivity index (χ1n) is 11.8. The summed E-state index contributed by atoms with van der Waals surface area (Å²) in [5, 5.41) is 20.1. The van der Waals surface area contributed by atoms with Crippen LogP contribution in [0.5, 0.6) is 0 Å². The molecule has 1 aliphatic heterocycles. The lowest BCUT2D eigenvalue weighted by atomic mass is 9.61. The first-order chi connectivity index (χ1) is 14.4. The Morgan fingerprint density at radius 3 is 2.60 bits per heavy atom. The van der Waals surface area contributed by atoms with Gasteiger partial charge < -0.3 is 10.2 Å². The van der Waals surface area contributed by atoms with Crippen molar-refractivity contribution >= 4 is 17.6 Å². The summed E-state index contributed by atoms with van der Waals surface area (Å²) in [4.78, 5) is 13.5. The molecule has 1 saturated carbocycles. The summed E-state index contributed by atoms with van der Waals surface area (Å²) in [6, 6.07) is 7.55. The Kier molecular flexibility index (Phi) is 8.62. The molecule has 5 heteroatoms. The van der Waals surface area contributed by atoms with Crippen molar-refractivity contribution < 1.29 is 15.0 Å². The maximum atomic E-state index is 11.0. The highest BCUT2D eigenvalue weighted by Crippen LogP contribution is 2.49. The first kappa shape index (κ1) is 23.6. The molecular formula is C25H38ClNO3. The number of hydrogen-bond acceptors (Lipinski definition) is 3. The number of nitrogens with zero attached hydrogens (tertiary/aromatic N) is 1. The number of carboxylic acid groups (broad SMARTS) is 1. The smallest absolute Gasteiger partial charge is 0.335 e. The summed E-state index contributed by atoms with van der Waals surface area (Å²) in [5.41, 5.74) is 1.70. The Labute approximate surface area is 186 Å².